The number of hydrogen-bond acceptors (Lipinski definition) is 3. The molecule has 0 aliphatic heterocycles. The second-order valence-electron chi connectivity index (χ2n) is 14.6. The fourth-order valence-corrected chi connectivity index (χ4v) is 6.82. The van der Waals surface area contributed by atoms with Gasteiger partial charge in [-0.3, -0.25) is 0 Å². The largest absolute Gasteiger partial charge is 0.410 e. The van der Waals surface area contributed by atoms with E-state index in [1.54, 1.807) is 13.8 Å². The molecule has 2 aromatic carbocycles. The second-order valence-corrected chi connectivity index (χ2v) is 18.7. The van der Waals surface area contributed by atoms with Crippen molar-refractivity contribution in [2.24, 2.45) is 10.8 Å². The van der Waals surface area contributed by atoms with Crippen LogP contribution in [0.1, 0.15) is 102 Å². The summed E-state index contributed by atoms with van der Waals surface area (Å²) < 4.78 is 13.4. The Bertz CT molecular complexity index is 1170. The molecule has 226 valence electrons. The third-order valence-corrected chi connectivity index (χ3v) is 8.35. The SMILES string of the molecule is CC(=CC=CC(C)(C)O)c1cccc(CCc2ccc(C(O[Si](C)C)C(C)(C)C)c(C(O[Si](C)C)C(C)(C)C)c2)c1. The number of aryl methyl sites for hydroxylation is 2. The normalized spacial score (nSPS) is 15.3. The molecule has 0 fully saturated rings. The molecule has 0 aromatic heterocycles. The first-order valence-corrected chi connectivity index (χ1v) is 19.8. The van der Waals surface area contributed by atoms with Crippen molar-refractivity contribution in [2.45, 2.75) is 119 Å². The van der Waals surface area contributed by atoms with E-state index in [-0.39, 0.29) is 23.0 Å². The zero-order chi connectivity index (χ0) is 31.2. The molecular formula is C36H56O3Si2. The van der Waals surface area contributed by atoms with Gasteiger partial charge in [-0.15, -0.1) is 0 Å². The molecule has 2 atom stereocenters. The molecule has 0 spiro atoms. The topological polar surface area (TPSA) is 38.7 Å². The Labute approximate surface area is 255 Å². The molecule has 2 rings (SSSR count). The van der Waals surface area contributed by atoms with Crippen molar-refractivity contribution in [3.8, 4) is 0 Å². The summed E-state index contributed by atoms with van der Waals surface area (Å²) in [6.45, 7) is 28.3. The van der Waals surface area contributed by atoms with Crippen LogP contribution in [-0.2, 0) is 21.7 Å². The quantitative estimate of drug-likeness (QED) is 0.197. The van der Waals surface area contributed by atoms with E-state index in [2.05, 4.69) is 123 Å². The zero-order valence-electron chi connectivity index (χ0n) is 28.1. The first kappa shape index (κ1) is 35.4. The summed E-state index contributed by atoms with van der Waals surface area (Å²) in [5.41, 5.74) is 6.74. The van der Waals surface area contributed by atoms with Crippen molar-refractivity contribution in [1.82, 2.24) is 0 Å². The van der Waals surface area contributed by atoms with E-state index in [9.17, 15) is 5.11 Å². The molecule has 2 radical (unpaired) electrons. The van der Waals surface area contributed by atoms with Crippen molar-refractivity contribution < 1.29 is 14.0 Å². The Balaban J connectivity index is 2.47. The van der Waals surface area contributed by atoms with Crippen LogP contribution in [0.15, 0.2) is 60.7 Å². The molecule has 0 aliphatic carbocycles. The third kappa shape index (κ3) is 11.8. The molecule has 0 aliphatic rings. The average molecular weight is 593 g/mol. The molecule has 0 bridgehead atoms. The van der Waals surface area contributed by atoms with E-state index >= 15 is 0 Å². The predicted molar refractivity (Wildman–Crippen MR) is 181 cm³/mol. The molecule has 0 saturated heterocycles. The van der Waals surface area contributed by atoms with Crippen molar-refractivity contribution in [1.29, 1.82) is 0 Å². The van der Waals surface area contributed by atoms with Gasteiger partial charge in [-0.05, 0) is 104 Å². The number of benzene rings is 2. The first-order valence-electron chi connectivity index (χ1n) is 15.0. The van der Waals surface area contributed by atoms with Gasteiger partial charge < -0.3 is 14.0 Å². The lowest BCUT2D eigenvalue weighted by molar-refractivity contribution is 0.0655. The molecule has 0 amide bonds. The van der Waals surface area contributed by atoms with E-state index in [0.717, 1.165) is 12.8 Å². The number of rotatable bonds is 12. The minimum Gasteiger partial charge on any atom is -0.410 e. The molecule has 3 nitrogen and oxygen atoms in total. The smallest absolute Gasteiger partial charge is 0.205 e. The molecular weight excluding hydrogens is 537 g/mol. The van der Waals surface area contributed by atoms with Crippen molar-refractivity contribution >= 4 is 23.7 Å². The van der Waals surface area contributed by atoms with Crippen molar-refractivity contribution in [2.75, 3.05) is 0 Å². The molecule has 0 heterocycles. The van der Waals surface area contributed by atoms with Crippen LogP contribution in [0.2, 0.25) is 26.2 Å². The lowest BCUT2D eigenvalue weighted by Crippen LogP contribution is -2.31. The summed E-state index contributed by atoms with van der Waals surface area (Å²) in [5, 5.41) is 9.96. The summed E-state index contributed by atoms with van der Waals surface area (Å²) in [5.74, 6) is 0. The Morgan fingerprint density at radius 3 is 1.76 bits per heavy atom. The zero-order valence-corrected chi connectivity index (χ0v) is 30.1. The van der Waals surface area contributed by atoms with Gasteiger partial charge in [0.15, 0.2) is 0 Å². The van der Waals surface area contributed by atoms with Gasteiger partial charge in [0.25, 0.3) is 0 Å². The van der Waals surface area contributed by atoms with Gasteiger partial charge in [-0.25, -0.2) is 0 Å². The molecule has 2 unspecified atom stereocenters. The van der Waals surface area contributed by atoms with Crippen LogP contribution in [0.5, 0.6) is 0 Å². The van der Waals surface area contributed by atoms with Crippen LogP contribution in [0.3, 0.4) is 0 Å². The van der Waals surface area contributed by atoms with Crippen molar-refractivity contribution in [3.05, 3.63) is 88.5 Å². The van der Waals surface area contributed by atoms with Gasteiger partial charge in [0, 0.05) is 0 Å². The van der Waals surface area contributed by atoms with Gasteiger partial charge in [-0.1, -0.05) is 102 Å². The maximum Gasteiger partial charge on any atom is 0.205 e. The Hall–Kier alpha value is -1.77. The highest BCUT2D eigenvalue weighted by atomic mass is 28.3. The predicted octanol–water partition coefficient (Wildman–Crippen LogP) is 9.91. The van der Waals surface area contributed by atoms with Gasteiger partial charge in [-0.2, -0.15) is 0 Å². The van der Waals surface area contributed by atoms with Gasteiger partial charge in [0.2, 0.25) is 18.1 Å². The van der Waals surface area contributed by atoms with E-state index in [1.165, 1.54) is 33.4 Å². The number of allylic oxidation sites excluding steroid dienone is 3. The van der Waals surface area contributed by atoms with E-state index in [4.69, 9.17) is 8.85 Å². The van der Waals surface area contributed by atoms with Crippen LogP contribution in [0.4, 0.5) is 0 Å². The van der Waals surface area contributed by atoms with Crippen LogP contribution in [0, 0.1) is 10.8 Å². The molecule has 5 heteroatoms. The van der Waals surface area contributed by atoms with E-state index in [1.807, 2.05) is 12.2 Å². The fraction of sp³-hybridized carbons (Fsp3) is 0.556. The summed E-state index contributed by atoms with van der Waals surface area (Å²) >= 11 is 0. The van der Waals surface area contributed by atoms with Crippen LogP contribution in [-0.4, -0.2) is 28.8 Å². The van der Waals surface area contributed by atoms with Crippen LogP contribution in [0.25, 0.3) is 5.57 Å². The minimum absolute atomic E-state index is 0.00670. The Morgan fingerprint density at radius 1 is 0.756 bits per heavy atom. The molecule has 1 N–H and O–H groups in total. The standard InChI is InChI=1S/C36H56O3Si2/c1-26(16-15-23-36(8,9)37)29-18-14-17-27(24-29)19-20-28-21-22-30(32(34(2,3)4)38-40(10)11)31(25-28)33(35(5,6)7)39-41(12)13/h14-18,21-25,32-33,37H,19-20H2,1-13H3. The molecule has 0 saturated carbocycles. The van der Waals surface area contributed by atoms with E-state index < -0.39 is 23.7 Å². The third-order valence-electron chi connectivity index (χ3n) is 6.93. The van der Waals surface area contributed by atoms with Gasteiger partial charge in [0.05, 0.1) is 17.8 Å². The molecule has 41 heavy (non-hydrogen) atoms. The monoisotopic (exact) mass is 592 g/mol. The van der Waals surface area contributed by atoms with Crippen molar-refractivity contribution in [3.63, 3.8) is 0 Å². The van der Waals surface area contributed by atoms with Crippen LogP contribution < -0.4 is 0 Å². The summed E-state index contributed by atoms with van der Waals surface area (Å²) in [4.78, 5) is 0. The maximum atomic E-state index is 9.96. The second kappa shape index (κ2) is 14.6. The first-order chi connectivity index (χ1) is 18.8. The highest BCUT2D eigenvalue weighted by Crippen LogP contribution is 2.45. The average Bonchev–Trinajstić information content (AvgIpc) is 2.82. The summed E-state index contributed by atoms with van der Waals surface area (Å²) in [6.07, 6.45) is 7.77. The number of hydrogen-bond donors (Lipinski definition) is 1. The Kier molecular flexibility index (Phi) is 12.6. The number of aliphatic hydroxyl groups is 1. The van der Waals surface area contributed by atoms with Crippen LogP contribution >= 0.6 is 0 Å². The summed E-state index contributed by atoms with van der Waals surface area (Å²) in [6, 6.07) is 15.8. The highest BCUT2D eigenvalue weighted by molar-refractivity contribution is 6.48. The highest BCUT2D eigenvalue weighted by Gasteiger charge is 2.36. The minimum atomic E-state index is -0.916. The molecule has 2 aromatic rings. The Morgan fingerprint density at radius 2 is 1.27 bits per heavy atom. The maximum absolute atomic E-state index is 9.96. The summed E-state index contributed by atoms with van der Waals surface area (Å²) in [7, 11) is -1.81. The van der Waals surface area contributed by atoms with Gasteiger partial charge >= 0.3 is 0 Å². The lowest BCUT2D eigenvalue weighted by Gasteiger charge is -2.39. The fourth-order valence-electron chi connectivity index (χ4n) is 4.92. The van der Waals surface area contributed by atoms with Gasteiger partial charge in [0.1, 0.15) is 0 Å². The lowest BCUT2D eigenvalue weighted by atomic mass is 9.77. The van der Waals surface area contributed by atoms with E-state index in [0.29, 0.717) is 0 Å².